The number of carbonyl (C=O) groups is 1. The van der Waals surface area contributed by atoms with E-state index in [4.69, 9.17) is 0 Å². The van der Waals surface area contributed by atoms with Crippen molar-refractivity contribution >= 4 is 15.9 Å². The Hall–Kier alpha value is -1.44. The molecule has 0 saturated carbocycles. The van der Waals surface area contributed by atoms with Gasteiger partial charge >= 0.3 is 0 Å². The smallest absolute Gasteiger partial charge is 0.241 e. The van der Waals surface area contributed by atoms with E-state index in [1.165, 1.54) is 12.1 Å². The van der Waals surface area contributed by atoms with Gasteiger partial charge in [-0.15, -0.1) is 0 Å². The van der Waals surface area contributed by atoms with E-state index < -0.39 is 10.0 Å². The molecule has 6 nitrogen and oxygen atoms in total. The number of nitrogens with zero attached hydrogens (tertiary/aromatic N) is 1. The fourth-order valence-electron chi connectivity index (χ4n) is 1.65. The van der Waals surface area contributed by atoms with Gasteiger partial charge in [0.1, 0.15) is 0 Å². The van der Waals surface area contributed by atoms with Crippen molar-refractivity contribution < 1.29 is 13.2 Å². The normalized spacial score (nSPS) is 11.6. The molecule has 0 spiro atoms. The quantitative estimate of drug-likeness (QED) is 0.679. The first-order valence-electron chi connectivity index (χ1n) is 6.79. The summed E-state index contributed by atoms with van der Waals surface area (Å²) in [4.78, 5) is 13.7. The van der Waals surface area contributed by atoms with Gasteiger partial charge in [0.25, 0.3) is 0 Å². The van der Waals surface area contributed by atoms with E-state index in [2.05, 4.69) is 10.0 Å². The highest BCUT2D eigenvalue weighted by Crippen LogP contribution is 2.09. The third kappa shape index (κ3) is 6.70. The summed E-state index contributed by atoms with van der Waals surface area (Å²) < 4.78 is 26.2. The van der Waals surface area contributed by atoms with Crippen LogP contribution >= 0.6 is 0 Å². The van der Waals surface area contributed by atoms with E-state index in [0.717, 1.165) is 18.5 Å². The van der Waals surface area contributed by atoms with Crippen LogP contribution in [0.4, 0.5) is 0 Å². The second-order valence-electron chi connectivity index (χ2n) is 5.14. The number of carbonyl (C=O) groups excluding carboxylic acids is 1. The minimum Gasteiger partial charge on any atom is -0.355 e. The second-order valence-corrected chi connectivity index (χ2v) is 6.91. The lowest BCUT2D eigenvalue weighted by atomic mass is 10.2. The summed E-state index contributed by atoms with van der Waals surface area (Å²) in [5.74, 6) is -0.329. The molecule has 0 aromatic heterocycles. The second kappa shape index (κ2) is 8.11. The largest absolute Gasteiger partial charge is 0.355 e. The predicted octanol–water partition coefficient (Wildman–Crippen LogP) is 0.341. The maximum atomic E-state index is 12.0. The molecule has 0 bridgehead atoms. The minimum absolute atomic E-state index is 0.161. The van der Waals surface area contributed by atoms with Gasteiger partial charge in [0.15, 0.2) is 0 Å². The average molecular weight is 313 g/mol. The lowest BCUT2D eigenvalue weighted by molar-refractivity contribution is -0.119. The van der Waals surface area contributed by atoms with Gasteiger partial charge < -0.3 is 10.2 Å². The summed E-state index contributed by atoms with van der Waals surface area (Å²) >= 11 is 0. The Morgan fingerprint density at radius 1 is 1.19 bits per heavy atom. The van der Waals surface area contributed by atoms with Crippen LogP contribution in [-0.4, -0.2) is 53.0 Å². The Kier molecular flexibility index (Phi) is 6.80. The zero-order valence-corrected chi connectivity index (χ0v) is 13.5. The van der Waals surface area contributed by atoms with Gasteiger partial charge in [-0.2, -0.15) is 0 Å². The van der Waals surface area contributed by atoms with Crippen LogP contribution in [0, 0.1) is 6.92 Å². The van der Waals surface area contributed by atoms with Crippen molar-refractivity contribution in [1.29, 1.82) is 0 Å². The molecule has 1 aromatic carbocycles. The molecule has 0 aliphatic carbocycles. The highest BCUT2D eigenvalue weighted by molar-refractivity contribution is 7.89. The number of aryl methyl sites for hydroxylation is 1. The van der Waals surface area contributed by atoms with Gasteiger partial charge in [-0.05, 0) is 46.1 Å². The lowest BCUT2D eigenvalue weighted by Gasteiger charge is -2.10. The summed E-state index contributed by atoms with van der Waals surface area (Å²) in [6.45, 7) is 3.03. The van der Waals surface area contributed by atoms with E-state index in [0.29, 0.717) is 6.54 Å². The van der Waals surface area contributed by atoms with Crippen molar-refractivity contribution in [2.45, 2.75) is 18.2 Å². The fraction of sp³-hybridized carbons (Fsp3) is 0.500. The van der Waals surface area contributed by atoms with Crippen LogP contribution in [0.5, 0.6) is 0 Å². The molecule has 0 radical (unpaired) electrons. The van der Waals surface area contributed by atoms with Crippen molar-refractivity contribution in [1.82, 2.24) is 14.9 Å². The molecule has 0 atom stereocenters. The molecule has 118 valence electrons. The Bertz CT molecular complexity index is 553. The predicted molar refractivity (Wildman–Crippen MR) is 82.5 cm³/mol. The molecule has 0 fully saturated rings. The molecule has 2 N–H and O–H groups in total. The first-order chi connectivity index (χ1) is 9.81. The summed E-state index contributed by atoms with van der Waals surface area (Å²) in [7, 11) is 0.277. The molecule has 1 rings (SSSR count). The van der Waals surface area contributed by atoms with Crippen molar-refractivity contribution in [3.8, 4) is 0 Å². The van der Waals surface area contributed by atoms with Crippen LogP contribution in [0.25, 0.3) is 0 Å². The third-order valence-corrected chi connectivity index (χ3v) is 4.28. The van der Waals surface area contributed by atoms with Crippen LogP contribution in [0.3, 0.4) is 0 Å². The van der Waals surface area contributed by atoms with Gasteiger partial charge in [0.05, 0.1) is 11.4 Å². The number of amides is 1. The number of hydrogen-bond donors (Lipinski definition) is 2. The van der Waals surface area contributed by atoms with Gasteiger partial charge in [0, 0.05) is 6.54 Å². The zero-order valence-electron chi connectivity index (χ0n) is 12.7. The standard InChI is InChI=1S/C14H23N3O3S/c1-12-5-7-13(8-6-12)21(19,20)16-11-14(18)15-9-4-10-17(2)3/h5-8,16H,4,9-11H2,1-3H3,(H,15,18). The van der Waals surface area contributed by atoms with E-state index in [9.17, 15) is 13.2 Å². The molecule has 1 aromatic rings. The highest BCUT2D eigenvalue weighted by atomic mass is 32.2. The summed E-state index contributed by atoms with van der Waals surface area (Å²) in [6.07, 6.45) is 0.823. The fourth-order valence-corrected chi connectivity index (χ4v) is 2.63. The van der Waals surface area contributed by atoms with E-state index >= 15 is 0 Å². The molecular weight excluding hydrogens is 290 g/mol. The highest BCUT2D eigenvalue weighted by Gasteiger charge is 2.14. The first kappa shape index (κ1) is 17.6. The lowest BCUT2D eigenvalue weighted by Crippen LogP contribution is -2.37. The number of nitrogens with one attached hydrogen (secondary N) is 2. The summed E-state index contributed by atoms with van der Waals surface area (Å²) in [5, 5.41) is 2.68. The maximum absolute atomic E-state index is 12.0. The first-order valence-corrected chi connectivity index (χ1v) is 8.27. The molecular formula is C14H23N3O3S. The average Bonchev–Trinajstić information content (AvgIpc) is 2.42. The van der Waals surface area contributed by atoms with Gasteiger partial charge in [-0.1, -0.05) is 17.7 Å². The van der Waals surface area contributed by atoms with E-state index in [1.807, 2.05) is 25.9 Å². The summed E-state index contributed by atoms with van der Waals surface area (Å²) in [6, 6.07) is 6.48. The monoisotopic (exact) mass is 313 g/mol. The van der Waals surface area contributed by atoms with Gasteiger partial charge in [-0.3, -0.25) is 4.79 Å². The van der Waals surface area contributed by atoms with Crippen molar-refractivity contribution in [3.63, 3.8) is 0 Å². The third-order valence-electron chi connectivity index (χ3n) is 2.86. The molecule has 0 aliphatic rings. The van der Waals surface area contributed by atoms with E-state index in [-0.39, 0.29) is 17.3 Å². The summed E-state index contributed by atoms with van der Waals surface area (Å²) in [5.41, 5.74) is 0.979. The number of rotatable bonds is 8. The topological polar surface area (TPSA) is 78.5 Å². The molecule has 0 saturated heterocycles. The molecule has 21 heavy (non-hydrogen) atoms. The van der Waals surface area contributed by atoms with Gasteiger partial charge in [0.2, 0.25) is 15.9 Å². The molecule has 0 unspecified atom stereocenters. The molecule has 0 heterocycles. The molecule has 1 amide bonds. The van der Waals surface area contributed by atoms with Crippen LogP contribution < -0.4 is 10.0 Å². The Morgan fingerprint density at radius 2 is 1.81 bits per heavy atom. The van der Waals surface area contributed by atoms with Crippen molar-refractivity contribution in [2.24, 2.45) is 0 Å². The van der Waals surface area contributed by atoms with Crippen molar-refractivity contribution in [3.05, 3.63) is 29.8 Å². The van der Waals surface area contributed by atoms with Crippen LogP contribution in [0.1, 0.15) is 12.0 Å². The number of hydrogen-bond acceptors (Lipinski definition) is 4. The van der Waals surface area contributed by atoms with E-state index in [1.54, 1.807) is 12.1 Å². The SMILES string of the molecule is Cc1ccc(S(=O)(=O)NCC(=O)NCCCN(C)C)cc1. The molecule has 7 heteroatoms. The number of benzene rings is 1. The Balaban J connectivity index is 2.39. The van der Waals surface area contributed by atoms with Crippen molar-refractivity contribution in [2.75, 3.05) is 33.7 Å². The zero-order chi connectivity index (χ0) is 15.9. The Labute approximate surface area is 126 Å². The number of sulfonamides is 1. The van der Waals surface area contributed by atoms with Crippen LogP contribution in [0.2, 0.25) is 0 Å². The minimum atomic E-state index is -3.64. The van der Waals surface area contributed by atoms with Gasteiger partial charge in [-0.25, -0.2) is 13.1 Å². The van der Waals surface area contributed by atoms with Crippen LogP contribution in [-0.2, 0) is 14.8 Å². The molecule has 0 aliphatic heterocycles. The Morgan fingerprint density at radius 3 is 2.38 bits per heavy atom. The van der Waals surface area contributed by atoms with Crippen LogP contribution in [0.15, 0.2) is 29.2 Å². The maximum Gasteiger partial charge on any atom is 0.241 e.